The quantitative estimate of drug-likeness (QED) is 0.823. The molecule has 2 atom stereocenters. The SMILES string of the molecule is CCN(CC)C(C)(CC)C(NC)c1cncc(F)c1. The number of likely N-dealkylation sites (N-methyl/N-ethyl adjacent to an activating group) is 2. The molecule has 1 rings (SSSR count). The molecule has 0 amide bonds. The largest absolute Gasteiger partial charge is 0.311 e. The van der Waals surface area contributed by atoms with E-state index in [1.807, 2.05) is 7.05 Å². The Hall–Kier alpha value is -1.00. The number of hydrogen-bond acceptors (Lipinski definition) is 3. The lowest BCUT2D eigenvalue weighted by molar-refractivity contribution is 0.0726. The Labute approximate surface area is 116 Å². The first-order valence-electron chi connectivity index (χ1n) is 7.06. The van der Waals surface area contributed by atoms with Gasteiger partial charge >= 0.3 is 0 Å². The highest BCUT2D eigenvalue weighted by molar-refractivity contribution is 5.20. The number of rotatable bonds is 7. The standard InChI is InChI=1S/C15H26FN3/c1-6-15(4,19(7-2)8-3)14(17-5)12-9-13(16)11-18-10-12/h9-11,14,17H,6-8H2,1-5H3. The minimum Gasteiger partial charge on any atom is -0.311 e. The summed E-state index contributed by atoms with van der Waals surface area (Å²) in [6, 6.07) is 1.63. The molecule has 0 aliphatic rings. The van der Waals surface area contributed by atoms with E-state index in [1.54, 1.807) is 12.3 Å². The van der Waals surface area contributed by atoms with Gasteiger partial charge < -0.3 is 5.32 Å². The number of pyridine rings is 1. The van der Waals surface area contributed by atoms with E-state index in [9.17, 15) is 4.39 Å². The highest BCUT2D eigenvalue weighted by Crippen LogP contribution is 2.33. The monoisotopic (exact) mass is 267 g/mol. The molecule has 4 heteroatoms. The van der Waals surface area contributed by atoms with Crippen LogP contribution in [0.5, 0.6) is 0 Å². The fraction of sp³-hybridized carbons (Fsp3) is 0.667. The molecule has 0 spiro atoms. The molecule has 3 nitrogen and oxygen atoms in total. The van der Waals surface area contributed by atoms with Gasteiger partial charge in [0, 0.05) is 11.7 Å². The zero-order valence-electron chi connectivity index (χ0n) is 12.7. The summed E-state index contributed by atoms with van der Waals surface area (Å²) in [4.78, 5) is 6.39. The minimum atomic E-state index is -0.282. The van der Waals surface area contributed by atoms with E-state index in [-0.39, 0.29) is 17.4 Å². The molecular formula is C15H26FN3. The number of nitrogens with one attached hydrogen (secondary N) is 1. The minimum absolute atomic E-state index is 0.0561. The van der Waals surface area contributed by atoms with Crippen LogP contribution >= 0.6 is 0 Å². The first-order chi connectivity index (χ1) is 9.03. The van der Waals surface area contributed by atoms with E-state index in [4.69, 9.17) is 0 Å². The molecule has 1 N–H and O–H groups in total. The van der Waals surface area contributed by atoms with Gasteiger partial charge in [0.15, 0.2) is 0 Å². The first-order valence-corrected chi connectivity index (χ1v) is 7.06. The predicted octanol–water partition coefficient (Wildman–Crippen LogP) is 2.99. The van der Waals surface area contributed by atoms with Crippen molar-refractivity contribution in [3.05, 3.63) is 29.8 Å². The van der Waals surface area contributed by atoms with E-state index in [1.165, 1.54) is 6.20 Å². The molecule has 0 aliphatic heterocycles. The maximum absolute atomic E-state index is 13.4. The van der Waals surface area contributed by atoms with E-state index >= 15 is 0 Å². The Bertz CT molecular complexity index is 393. The molecule has 1 aromatic heterocycles. The molecule has 0 bridgehead atoms. The summed E-state index contributed by atoms with van der Waals surface area (Å²) >= 11 is 0. The fourth-order valence-electron chi connectivity index (χ4n) is 2.98. The third-order valence-electron chi connectivity index (χ3n) is 4.17. The van der Waals surface area contributed by atoms with Crippen molar-refractivity contribution in [1.29, 1.82) is 0 Å². The molecule has 0 fully saturated rings. The third-order valence-corrected chi connectivity index (χ3v) is 4.17. The van der Waals surface area contributed by atoms with Crippen LogP contribution in [0.25, 0.3) is 0 Å². The maximum Gasteiger partial charge on any atom is 0.141 e. The summed E-state index contributed by atoms with van der Waals surface area (Å²) in [6.45, 7) is 10.7. The summed E-state index contributed by atoms with van der Waals surface area (Å²) in [5.41, 5.74) is 0.840. The second-order valence-electron chi connectivity index (χ2n) is 5.04. The summed E-state index contributed by atoms with van der Waals surface area (Å²) in [7, 11) is 1.92. The van der Waals surface area contributed by atoms with Crippen LogP contribution < -0.4 is 5.32 Å². The van der Waals surface area contributed by atoms with Crippen molar-refractivity contribution in [2.75, 3.05) is 20.1 Å². The van der Waals surface area contributed by atoms with E-state index in [0.29, 0.717) is 0 Å². The average molecular weight is 267 g/mol. The van der Waals surface area contributed by atoms with Crippen molar-refractivity contribution in [3.63, 3.8) is 0 Å². The van der Waals surface area contributed by atoms with Crippen LogP contribution in [-0.2, 0) is 0 Å². The molecule has 108 valence electrons. The van der Waals surface area contributed by atoms with Gasteiger partial charge in [-0.05, 0) is 45.1 Å². The molecule has 0 saturated heterocycles. The van der Waals surface area contributed by atoms with Gasteiger partial charge in [-0.2, -0.15) is 0 Å². The number of aromatic nitrogens is 1. The second-order valence-corrected chi connectivity index (χ2v) is 5.04. The molecule has 2 unspecified atom stereocenters. The van der Waals surface area contributed by atoms with Gasteiger partial charge in [0.25, 0.3) is 0 Å². The van der Waals surface area contributed by atoms with E-state index in [2.05, 4.69) is 42.9 Å². The Kier molecular flexibility index (Phi) is 5.88. The summed E-state index contributed by atoms with van der Waals surface area (Å²) in [6.07, 6.45) is 3.98. The van der Waals surface area contributed by atoms with Crippen LogP contribution in [0.3, 0.4) is 0 Å². The van der Waals surface area contributed by atoms with Crippen molar-refractivity contribution >= 4 is 0 Å². The van der Waals surface area contributed by atoms with Gasteiger partial charge in [-0.3, -0.25) is 9.88 Å². The van der Waals surface area contributed by atoms with Crippen LogP contribution in [0, 0.1) is 5.82 Å². The Morgan fingerprint density at radius 3 is 2.37 bits per heavy atom. The van der Waals surface area contributed by atoms with Crippen LogP contribution in [0.1, 0.15) is 45.7 Å². The number of halogens is 1. The molecule has 1 aromatic rings. The maximum atomic E-state index is 13.4. The zero-order chi connectivity index (χ0) is 14.5. The summed E-state index contributed by atoms with van der Waals surface area (Å²) in [5.74, 6) is -0.282. The van der Waals surface area contributed by atoms with Gasteiger partial charge in [0.2, 0.25) is 0 Å². The van der Waals surface area contributed by atoms with Crippen LogP contribution in [0.15, 0.2) is 18.5 Å². The molecule has 1 heterocycles. The van der Waals surface area contributed by atoms with Crippen LogP contribution in [-0.4, -0.2) is 35.6 Å². The first kappa shape index (κ1) is 16.1. The van der Waals surface area contributed by atoms with Gasteiger partial charge in [-0.15, -0.1) is 0 Å². The second kappa shape index (κ2) is 6.96. The van der Waals surface area contributed by atoms with Crippen molar-refractivity contribution in [2.24, 2.45) is 0 Å². The zero-order valence-corrected chi connectivity index (χ0v) is 12.7. The lowest BCUT2D eigenvalue weighted by atomic mass is 9.83. The van der Waals surface area contributed by atoms with Crippen molar-refractivity contribution in [1.82, 2.24) is 15.2 Å². The van der Waals surface area contributed by atoms with E-state index < -0.39 is 0 Å². The predicted molar refractivity (Wildman–Crippen MR) is 77.6 cm³/mol. The normalized spacial score (nSPS) is 16.4. The Morgan fingerprint density at radius 2 is 1.95 bits per heavy atom. The highest BCUT2D eigenvalue weighted by Gasteiger charge is 2.37. The molecule has 0 aromatic carbocycles. The molecular weight excluding hydrogens is 241 g/mol. The average Bonchev–Trinajstić information content (AvgIpc) is 2.41. The Morgan fingerprint density at radius 1 is 1.32 bits per heavy atom. The fourth-order valence-corrected chi connectivity index (χ4v) is 2.98. The third kappa shape index (κ3) is 3.31. The van der Waals surface area contributed by atoms with Gasteiger partial charge in [-0.25, -0.2) is 4.39 Å². The number of hydrogen-bond donors (Lipinski definition) is 1. The van der Waals surface area contributed by atoms with Gasteiger partial charge in [-0.1, -0.05) is 20.8 Å². The smallest absolute Gasteiger partial charge is 0.141 e. The van der Waals surface area contributed by atoms with Gasteiger partial charge in [0.1, 0.15) is 5.82 Å². The molecule has 0 radical (unpaired) electrons. The van der Waals surface area contributed by atoms with Gasteiger partial charge in [0.05, 0.1) is 12.2 Å². The summed E-state index contributed by atoms with van der Waals surface area (Å²) in [5, 5.41) is 3.34. The lowest BCUT2D eigenvalue weighted by Crippen LogP contribution is -2.53. The number of nitrogens with zero attached hydrogens (tertiary/aromatic N) is 2. The van der Waals surface area contributed by atoms with Crippen molar-refractivity contribution in [3.8, 4) is 0 Å². The van der Waals surface area contributed by atoms with Crippen LogP contribution in [0.4, 0.5) is 4.39 Å². The van der Waals surface area contributed by atoms with Crippen LogP contribution in [0.2, 0.25) is 0 Å². The summed E-state index contributed by atoms with van der Waals surface area (Å²) < 4.78 is 13.4. The highest BCUT2D eigenvalue weighted by atomic mass is 19.1. The molecule has 19 heavy (non-hydrogen) atoms. The van der Waals surface area contributed by atoms with E-state index in [0.717, 1.165) is 25.1 Å². The lowest BCUT2D eigenvalue weighted by Gasteiger charge is -2.45. The Balaban J connectivity index is 3.18. The molecule has 0 aliphatic carbocycles. The topological polar surface area (TPSA) is 28.2 Å². The molecule has 0 saturated carbocycles. The van der Waals surface area contributed by atoms with Crippen molar-refractivity contribution < 1.29 is 4.39 Å². The van der Waals surface area contributed by atoms with Crippen molar-refractivity contribution in [2.45, 2.75) is 45.7 Å².